The molecule has 0 atom stereocenters. The summed E-state index contributed by atoms with van der Waals surface area (Å²) in [5.41, 5.74) is 1.93. The van der Waals surface area contributed by atoms with Crippen LogP contribution >= 0.6 is 0 Å². The minimum absolute atomic E-state index is 0.0249. The number of sulfonamides is 1. The first kappa shape index (κ1) is 20.5. The maximum atomic E-state index is 13.0. The molecule has 28 heavy (non-hydrogen) atoms. The van der Waals surface area contributed by atoms with E-state index in [-0.39, 0.29) is 34.5 Å². The van der Waals surface area contributed by atoms with Crippen LogP contribution in [0.25, 0.3) is 0 Å². The van der Waals surface area contributed by atoms with Crippen LogP contribution in [-0.2, 0) is 26.8 Å². The lowest BCUT2D eigenvalue weighted by atomic mass is 9.87. The molecule has 0 fully saturated rings. The van der Waals surface area contributed by atoms with Gasteiger partial charge in [-0.05, 0) is 41.5 Å². The molecule has 1 N–H and O–H groups in total. The Hall–Kier alpha value is -2.25. The normalized spacial score (nSPS) is 15.7. The lowest BCUT2D eigenvalue weighted by Gasteiger charge is -2.22. The van der Waals surface area contributed by atoms with Gasteiger partial charge >= 0.3 is 0 Å². The van der Waals surface area contributed by atoms with Crippen LogP contribution in [0, 0.1) is 11.7 Å². The molecule has 1 heterocycles. The maximum absolute atomic E-state index is 13.0. The van der Waals surface area contributed by atoms with Gasteiger partial charge in [0.2, 0.25) is 15.9 Å². The Morgan fingerprint density at radius 1 is 1.18 bits per heavy atom. The highest BCUT2D eigenvalue weighted by atomic mass is 32.2. The first-order valence-electron chi connectivity index (χ1n) is 9.21. The van der Waals surface area contributed by atoms with Crippen molar-refractivity contribution >= 4 is 21.6 Å². The van der Waals surface area contributed by atoms with E-state index < -0.39 is 10.0 Å². The maximum Gasteiger partial charge on any atom is 0.240 e. The van der Waals surface area contributed by atoms with E-state index in [1.807, 2.05) is 27.7 Å². The number of hydrogen-bond acceptors (Lipinski definition) is 3. The van der Waals surface area contributed by atoms with Crippen molar-refractivity contribution in [3.8, 4) is 0 Å². The Labute approximate surface area is 165 Å². The molecule has 1 amide bonds. The van der Waals surface area contributed by atoms with E-state index in [0.29, 0.717) is 12.1 Å². The Kier molecular flexibility index (Phi) is 5.34. The zero-order valence-electron chi connectivity index (χ0n) is 16.5. The van der Waals surface area contributed by atoms with E-state index in [4.69, 9.17) is 0 Å². The number of anilines is 1. The number of amides is 1. The number of halogens is 1. The van der Waals surface area contributed by atoms with Crippen LogP contribution in [0.15, 0.2) is 47.4 Å². The molecule has 0 bridgehead atoms. The number of carbonyl (C=O) groups is 1. The van der Waals surface area contributed by atoms with Crippen LogP contribution in [0.3, 0.4) is 0 Å². The standard InChI is InChI=1S/C21H25FN2O3S/c1-14(2)20(25)24-13-21(3,4)18-11-17(9-10-19(18)24)28(26,27)23-12-15-5-7-16(22)8-6-15/h5-11,14,23H,12-13H2,1-4H3. The molecule has 0 aromatic heterocycles. The summed E-state index contributed by atoms with van der Waals surface area (Å²) in [5.74, 6) is -0.479. The SMILES string of the molecule is CC(C)C(=O)N1CC(C)(C)c2cc(S(=O)(=O)NCc3ccc(F)cc3)ccc21. The molecule has 0 saturated heterocycles. The molecule has 0 unspecified atom stereocenters. The monoisotopic (exact) mass is 404 g/mol. The smallest absolute Gasteiger partial charge is 0.240 e. The summed E-state index contributed by atoms with van der Waals surface area (Å²) in [7, 11) is -3.74. The van der Waals surface area contributed by atoms with Crippen molar-refractivity contribution in [3.63, 3.8) is 0 Å². The van der Waals surface area contributed by atoms with Gasteiger partial charge in [-0.1, -0.05) is 39.8 Å². The first-order valence-corrected chi connectivity index (χ1v) is 10.7. The van der Waals surface area contributed by atoms with Gasteiger partial charge in [0.15, 0.2) is 0 Å². The highest BCUT2D eigenvalue weighted by Gasteiger charge is 2.39. The second-order valence-corrected chi connectivity index (χ2v) is 9.86. The van der Waals surface area contributed by atoms with Crippen LogP contribution < -0.4 is 9.62 Å². The molecule has 1 aliphatic rings. The third-order valence-corrected chi connectivity index (χ3v) is 6.39. The molecule has 7 heteroatoms. The largest absolute Gasteiger partial charge is 0.311 e. The predicted octanol–water partition coefficient (Wildman–Crippen LogP) is 3.58. The zero-order chi connectivity index (χ0) is 20.7. The van der Waals surface area contributed by atoms with E-state index in [9.17, 15) is 17.6 Å². The summed E-state index contributed by atoms with van der Waals surface area (Å²) in [6.07, 6.45) is 0. The number of hydrogen-bond donors (Lipinski definition) is 1. The molecule has 0 radical (unpaired) electrons. The molecule has 5 nitrogen and oxygen atoms in total. The number of nitrogens with zero attached hydrogens (tertiary/aromatic N) is 1. The second-order valence-electron chi connectivity index (χ2n) is 8.09. The molecule has 2 aromatic carbocycles. The highest BCUT2D eigenvalue weighted by molar-refractivity contribution is 7.89. The minimum Gasteiger partial charge on any atom is -0.311 e. The van der Waals surface area contributed by atoms with E-state index in [1.54, 1.807) is 29.2 Å². The van der Waals surface area contributed by atoms with E-state index in [0.717, 1.165) is 11.3 Å². The number of benzene rings is 2. The van der Waals surface area contributed by atoms with Gasteiger partial charge in [0.25, 0.3) is 0 Å². The topological polar surface area (TPSA) is 66.5 Å². The summed E-state index contributed by atoms with van der Waals surface area (Å²) in [6, 6.07) is 10.5. The Bertz CT molecular complexity index is 999. The zero-order valence-corrected chi connectivity index (χ0v) is 17.3. The minimum atomic E-state index is -3.74. The van der Waals surface area contributed by atoms with Crippen LogP contribution in [0.2, 0.25) is 0 Å². The van der Waals surface area contributed by atoms with Crippen molar-refractivity contribution in [1.29, 1.82) is 0 Å². The van der Waals surface area contributed by atoms with Crippen LogP contribution in [0.1, 0.15) is 38.8 Å². The molecule has 0 spiro atoms. The molecule has 3 rings (SSSR count). The molecular formula is C21H25FN2O3S. The molecular weight excluding hydrogens is 379 g/mol. The molecule has 0 aliphatic carbocycles. The molecule has 0 saturated carbocycles. The lowest BCUT2D eigenvalue weighted by molar-refractivity contribution is -0.121. The van der Waals surface area contributed by atoms with E-state index in [2.05, 4.69) is 4.72 Å². The van der Waals surface area contributed by atoms with E-state index >= 15 is 0 Å². The molecule has 1 aliphatic heterocycles. The number of fused-ring (bicyclic) bond motifs is 1. The number of nitrogens with one attached hydrogen (secondary N) is 1. The van der Waals surface area contributed by atoms with Gasteiger partial charge in [-0.25, -0.2) is 17.5 Å². The van der Waals surface area contributed by atoms with Crippen LogP contribution in [-0.4, -0.2) is 20.9 Å². The van der Waals surface area contributed by atoms with Gasteiger partial charge in [0.05, 0.1) is 4.90 Å². The van der Waals surface area contributed by atoms with Gasteiger partial charge in [0, 0.05) is 30.1 Å². The number of carbonyl (C=O) groups excluding carboxylic acids is 1. The summed E-state index contributed by atoms with van der Waals surface area (Å²) < 4.78 is 41.0. The fourth-order valence-corrected chi connectivity index (χ4v) is 4.44. The van der Waals surface area contributed by atoms with Gasteiger partial charge in [0.1, 0.15) is 5.82 Å². The third kappa shape index (κ3) is 3.95. The first-order chi connectivity index (χ1) is 13.0. The van der Waals surface area contributed by atoms with Gasteiger partial charge in [-0.2, -0.15) is 0 Å². The lowest BCUT2D eigenvalue weighted by Crippen LogP contribution is -2.36. The van der Waals surface area contributed by atoms with Crippen LogP contribution in [0.5, 0.6) is 0 Å². The Morgan fingerprint density at radius 2 is 1.82 bits per heavy atom. The quantitative estimate of drug-likeness (QED) is 0.828. The average Bonchev–Trinajstić information content (AvgIpc) is 2.91. The van der Waals surface area contributed by atoms with Crippen molar-refractivity contribution in [3.05, 3.63) is 59.4 Å². The summed E-state index contributed by atoms with van der Waals surface area (Å²) >= 11 is 0. The van der Waals surface area contributed by atoms with Crippen LogP contribution in [0.4, 0.5) is 10.1 Å². The summed E-state index contributed by atoms with van der Waals surface area (Å²) in [5, 5.41) is 0. The molecule has 2 aromatic rings. The van der Waals surface area contributed by atoms with Crippen molar-refractivity contribution in [2.45, 2.75) is 44.6 Å². The van der Waals surface area contributed by atoms with E-state index in [1.165, 1.54) is 18.2 Å². The fourth-order valence-electron chi connectivity index (χ4n) is 3.40. The predicted molar refractivity (Wildman–Crippen MR) is 107 cm³/mol. The van der Waals surface area contributed by atoms with Gasteiger partial charge < -0.3 is 4.90 Å². The Balaban J connectivity index is 1.87. The average molecular weight is 405 g/mol. The Morgan fingerprint density at radius 3 is 2.43 bits per heavy atom. The third-order valence-electron chi connectivity index (χ3n) is 4.99. The summed E-state index contributed by atoms with van der Waals surface area (Å²) in [4.78, 5) is 14.4. The number of rotatable bonds is 5. The second kappa shape index (κ2) is 7.29. The fraction of sp³-hybridized carbons (Fsp3) is 0.381. The van der Waals surface area contributed by atoms with Gasteiger partial charge in [-0.3, -0.25) is 4.79 Å². The van der Waals surface area contributed by atoms with Crippen molar-refractivity contribution in [2.75, 3.05) is 11.4 Å². The summed E-state index contributed by atoms with van der Waals surface area (Å²) in [6.45, 7) is 8.30. The van der Waals surface area contributed by atoms with Crippen molar-refractivity contribution in [1.82, 2.24) is 4.72 Å². The van der Waals surface area contributed by atoms with Crippen molar-refractivity contribution in [2.24, 2.45) is 5.92 Å². The van der Waals surface area contributed by atoms with Crippen molar-refractivity contribution < 1.29 is 17.6 Å². The van der Waals surface area contributed by atoms with Gasteiger partial charge in [-0.15, -0.1) is 0 Å². The highest BCUT2D eigenvalue weighted by Crippen LogP contribution is 2.42. The molecule has 150 valence electrons.